The van der Waals surface area contributed by atoms with Gasteiger partial charge in [-0.05, 0) is 35.4 Å². The molecule has 126 valence electrons. The van der Waals surface area contributed by atoms with E-state index in [9.17, 15) is 9.18 Å². The zero-order valence-electron chi connectivity index (χ0n) is 12.8. The first-order valence-corrected chi connectivity index (χ1v) is 7.64. The quantitative estimate of drug-likeness (QED) is 0.733. The van der Waals surface area contributed by atoms with Crippen LogP contribution in [0, 0.1) is 5.82 Å². The third-order valence-electron chi connectivity index (χ3n) is 3.33. The molecule has 0 radical (unpaired) electrons. The third kappa shape index (κ3) is 4.30. The zero-order chi connectivity index (χ0) is 17.8. The van der Waals surface area contributed by atoms with Crippen molar-refractivity contribution in [1.82, 2.24) is 9.97 Å². The van der Waals surface area contributed by atoms with Crippen molar-refractivity contribution >= 4 is 17.6 Å². The van der Waals surface area contributed by atoms with Gasteiger partial charge in [0.2, 0.25) is 0 Å². The Morgan fingerprint density at radius 2 is 1.88 bits per heavy atom. The summed E-state index contributed by atoms with van der Waals surface area (Å²) in [5, 5.41) is 9.04. The molecule has 0 saturated heterocycles. The molecule has 0 amide bonds. The highest BCUT2D eigenvalue weighted by Gasteiger charge is 2.08. The van der Waals surface area contributed by atoms with Crippen LogP contribution in [-0.2, 0) is 11.2 Å². The molecule has 7 heteroatoms. The summed E-state index contributed by atoms with van der Waals surface area (Å²) >= 11 is 5.65. The van der Waals surface area contributed by atoms with Crippen LogP contribution < -0.4 is 4.74 Å². The van der Waals surface area contributed by atoms with Crippen molar-refractivity contribution in [3.05, 3.63) is 71.4 Å². The number of nitrogens with zero attached hydrogens (tertiary/aromatic N) is 2. The van der Waals surface area contributed by atoms with Crippen molar-refractivity contribution in [2.75, 3.05) is 0 Å². The van der Waals surface area contributed by atoms with E-state index in [0.29, 0.717) is 11.3 Å². The number of hydrogen-bond acceptors (Lipinski definition) is 4. The number of rotatable bonds is 5. The summed E-state index contributed by atoms with van der Waals surface area (Å²) in [6.45, 7) is 0. The molecular formula is C18H12ClFN2O3. The number of carboxylic acid groups (broad SMARTS) is 1. The van der Waals surface area contributed by atoms with Crippen molar-refractivity contribution < 1.29 is 19.0 Å². The van der Waals surface area contributed by atoms with Crippen molar-refractivity contribution in [2.45, 2.75) is 6.42 Å². The van der Waals surface area contributed by atoms with Gasteiger partial charge in [-0.15, -0.1) is 0 Å². The number of hydrogen-bond donors (Lipinski definition) is 1. The van der Waals surface area contributed by atoms with Crippen LogP contribution in [0.15, 0.2) is 55.0 Å². The molecule has 0 atom stereocenters. The number of carbonyl (C=O) groups is 1. The topological polar surface area (TPSA) is 72.3 Å². The van der Waals surface area contributed by atoms with Gasteiger partial charge in [0.05, 0.1) is 11.4 Å². The van der Waals surface area contributed by atoms with Crippen molar-refractivity contribution in [3.8, 4) is 22.8 Å². The van der Waals surface area contributed by atoms with E-state index in [1.807, 2.05) is 0 Å². The van der Waals surface area contributed by atoms with Gasteiger partial charge in [0, 0.05) is 24.2 Å². The Kier molecular flexibility index (Phi) is 4.90. The van der Waals surface area contributed by atoms with E-state index in [0.717, 1.165) is 17.2 Å². The normalized spacial score (nSPS) is 10.5. The molecule has 5 nitrogen and oxygen atoms in total. The Morgan fingerprint density at radius 3 is 2.56 bits per heavy atom. The summed E-state index contributed by atoms with van der Waals surface area (Å²) in [6.07, 6.45) is 4.36. The Bertz CT molecular complexity index is 916. The van der Waals surface area contributed by atoms with Gasteiger partial charge in [0.1, 0.15) is 5.75 Å². The molecule has 0 spiro atoms. The summed E-state index contributed by atoms with van der Waals surface area (Å²) in [6, 6.07) is 9.74. The monoisotopic (exact) mass is 358 g/mol. The highest BCUT2D eigenvalue weighted by molar-refractivity contribution is 6.30. The SMILES string of the molecule is O=C(O)Cc1cncc(-c2ccc(Oc3ncc(Cl)cc3F)cc2)c1. The molecule has 0 aliphatic rings. The van der Waals surface area contributed by atoms with Crippen LogP contribution in [0.25, 0.3) is 11.1 Å². The number of carboxylic acids is 1. The fraction of sp³-hybridized carbons (Fsp3) is 0.0556. The van der Waals surface area contributed by atoms with Crippen molar-refractivity contribution in [3.63, 3.8) is 0 Å². The summed E-state index contributed by atoms with van der Waals surface area (Å²) in [7, 11) is 0. The molecular weight excluding hydrogens is 347 g/mol. The van der Waals surface area contributed by atoms with Gasteiger partial charge in [0.15, 0.2) is 5.82 Å². The minimum Gasteiger partial charge on any atom is -0.481 e. The fourth-order valence-electron chi connectivity index (χ4n) is 2.22. The first kappa shape index (κ1) is 16.9. The van der Waals surface area contributed by atoms with Gasteiger partial charge in [-0.2, -0.15) is 0 Å². The zero-order valence-corrected chi connectivity index (χ0v) is 13.6. The largest absolute Gasteiger partial charge is 0.481 e. The van der Waals surface area contributed by atoms with Gasteiger partial charge in [-0.1, -0.05) is 23.7 Å². The Hall–Kier alpha value is -2.99. The Morgan fingerprint density at radius 1 is 1.12 bits per heavy atom. The molecule has 3 aromatic rings. The van der Waals surface area contributed by atoms with Gasteiger partial charge < -0.3 is 9.84 Å². The lowest BCUT2D eigenvalue weighted by Gasteiger charge is -2.07. The van der Waals surface area contributed by atoms with E-state index in [1.165, 1.54) is 12.4 Å². The van der Waals surface area contributed by atoms with Gasteiger partial charge in [-0.25, -0.2) is 9.37 Å². The standard InChI is InChI=1S/C18H12ClFN2O3/c19-14-7-16(20)18(22-10-14)25-15-3-1-12(2-4-15)13-5-11(6-17(23)24)8-21-9-13/h1-5,7-10H,6H2,(H,23,24). The highest BCUT2D eigenvalue weighted by Crippen LogP contribution is 2.27. The fourth-order valence-corrected chi connectivity index (χ4v) is 2.37. The Labute approximate surface area is 147 Å². The number of ether oxygens (including phenoxy) is 1. The molecule has 2 aromatic heterocycles. The molecule has 0 fully saturated rings. The van der Waals surface area contributed by atoms with Crippen LogP contribution in [0.5, 0.6) is 11.6 Å². The van der Waals surface area contributed by atoms with E-state index in [-0.39, 0.29) is 17.3 Å². The number of benzene rings is 1. The lowest BCUT2D eigenvalue weighted by molar-refractivity contribution is -0.136. The lowest BCUT2D eigenvalue weighted by Crippen LogP contribution is -2.00. The predicted molar refractivity (Wildman–Crippen MR) is 90.3 cm³/mol. The van der Waals surface area contributed by atoms with Crippen LogP contribution >= 0.6 is 11.6 Å². The second-order valence-electron chi connectivity index (χ2n) is 5.22. The van der Waals surface area contributed by atoms with Gasteiger partial charge in [-0.3, -0.25) is 9.78 Å². The van der Waals surface area contributed by atoms with E-state index in [1.54, 1.807) is 36.5 Å². The predicted octanol–water partition coefficient (Wildman–Crippen LogP) is 4.36. The van der Waals surface area contributed by atoms with Crippen molar-refractivity contribution in [2.24, 2.45) is 0 Å². The molecule has 1 N–H and O–H groups in total. The molecule has 0 bridgehead atoms. The van der Waals surface area contributed by atoms with Crippen molar-refractivity contribution in [1.29, 1.82) is 0 Å². The molecule has 25 heavy (non-hydrogen) atoms. The summed E-state index contributed by atoms with van der Waals surface area (Å²) in [4.78, 5) is 18.6. The molecule has 0 unspecified atom stereocenters. The maximum absolute atomic E-state index is 13.7. The van der Waals surface area contributed by atoms with E-state index >= 15 is 0 Å². The molecule has 2 heterocycles. The first-order chi connectivity index (χ1) is 12.0. The summed E-state index contributed by atoms with van der Waals surface area (Å²) < 4.78 is 19.1. The average Bonchev–Trinajstić information content (AvgIpc) is 2.58. The smallest absolute Gasteiger partial charge is 0.307 e. The molecule has 3 rings (SSSR count). The molecule has 0 saturated carbocycles. The number of halogens is 2. The molecule has 0 aliphatic heterocycles. The minimum atomic E-state index is -0.916. The average molecular weight is 359 g/mol. The first-order valence-electron chi connectivity index (χ1n) is 7.26. The van der Waals surface area contributed by atoms with Crippen LogP contribution in [0.3, 0.4) is 0 Å². The number of aromatic nitrogens is 2. The van der Waals surface area contributed by atoms with Gasteiger partial charge in [0.25, 0.3) is 5.88 Å². The van der Waals surface area contributed by atoms with E-state index in [2.05, 4.69) is 9.97 Å². The van der Waals surface area contributed by atoms with Gasteiger partial charge >= 0.3 is 5.97 Å². The second-order valence-corrected chi connectivity index (χ2v) is 5.66. The second kappa shape index (κ2) is 7.27. The summed E-state index contributed by atoms with van der Waals surface area (Å²) in [5.41, 5.74) is 2.22. The maximum atomic E-state index is 13.7. The van der Waals surface area contributed by atoms with E-state index in [4.69, 9.17) is 21.4 Å². The minimum absolute atomic E-state index is 0.0937. The highest BCUT2D eigenvalue weighted by atomic mass is 35.5. The molecule has 1 aromatic carbocycles. The lowest BCUT2D eigenvalue weighted by atomic mass is 10.0. The molecule has 0 aliphatic carbocycles. The number of aliphatic carboxylic acids is 1. The third-order valence-corrected chi connectivity index (χ3v) is 3.53. The van der Waals surface area contributed by atoms with Crippen LogP contribution in [0.2, 0.25) is 5.02 Å². The van der Waals surface area contributed by atoms with Crippen LogP contribution in [-0.4, -0.2) is 21.0 Å². The summed E-state index contributed by atoms with van der Waals surface area (Å²) in [5.74, 6) is -1.32. The Balaban J connectivity index is 1.79. The van der Waals surface area contributed by atoms with Crippen LogP contribution in [0.4, 0.5) is 4.39 Å². The van der Waals surface area contributed by atoms with Crippen LogP contribution in [0.1, 0.15) is 5.56 Å². The van der Waals surface area contributed by atoms with E-state index < -0.39 is 11.8 Å². The maximum Gasteiger partial charge on any atom is 0.307 e. The number of pyridine rings is 2.